The summed E-state index contributed by atoms with van der Waals surface area (Å²) in [7, 11) is 0. The summed E-state index contributed by atoms with van der Waals surface area (Å²) in [6, 6.07) is 12.7. The van der Waals surface area contributed by atoms with Crippen LogP contribution in [0.4, 0.5) is 5.00 Å². The van der Waals surface area contributed by atoms with Gasteiger partial charge in [0.15, 0.2) is 0 Å². The van der Waals surface area contributed by atoms with Crippen LogP contribution in [0.1, 0.15) is 36.2 Å². The van der Waals surface area contributed by atoms with Gasteiger partial charge in [-0.2, -0.15) is 9.64 Å². The summed E-state index contributed by atoms with van der Waals surface area (Å²) in [6.07, 6.45) is 0.964. The van der Waals surface area contributed by atoms with E-state index in [9.17, 15) is 0 Å². The van der Waals surface area contributed by atoms with Crippen molar-refractivity contribution in [2.75, 3.05) is 5.32 Å². The third-order valence-electron chi connectivity index (χ3n) is 2.89. The summed E-state index contributed by atoms with van der Waals surface area (Å²) in [5.41, 5.74) is 2.69. The topological polar surface area (TPSA) is 48.7 Å². The highest BCUT2D eigenvalue weighted by Gasteiger charge is 2.15. The standard InChI is InChI=1S/C14H15N3S/c1-3-13(11-7-5-4-6-8-11)16-14-12(9-15)10(2)17-18-14/h4-8,13,16H,3H2,1-2H3. The van der Waals surface area contributed by atoms with Gasteiger partial charge in [-0.05, 0) is 30.4 Å². The van der Waals surface area contributed by atoms with E-state index in [1.165, 1.54) is 17.1 Å². The largest absolute Gasteiger partial charge is 0.368 e. The molecule has 0 aliphatic carbocycles. The van der Waals surface area contributed by atoms with Crippen LogP contribution in [0.3, 0.4) is 0 Å². The van der Waals surface area contributed by atoms with Crippen molar-refractivity contribution < 1.29 is 0 Å². The molecule has 1 N–H and O–H groups in total. The molecule has 18 heavy (non-hydrogen) atoms. The van der Waals surface area contributed by atoms with E-state index in [0.717, 1.165) is 17.1 Å². The molecule has 1 unspecified atom stereocenters. The van der Waals surface area contributed by atoms with Crippen molar-refractivity contribution in [3.8, 4) is 6.07 Å². The Morgan fingerprint density at radius 3 is 2.72 bits per heavy atom. The van der Waals surface area contributed by atoms with E-state index < -0.39 is 0 Å². The minimum absolute atomic E-state index is 0.221. The predicted octanol–water partition coefficient (Wildman–Crippen LogP) is 3.89. The molecule has 0 aliphatic heterocycles. The lowest BCUT2D eigenvalue weighted by atomic mass is 10.0. The Morgan fingerprint density at radius 1 is 1.39 bits per heavy atom. The van der Waals surface area contributed by atoms with E-state index >= 15 is 0 Å². The van der Waals surface area contributed by atoms with Gasteiger partial charge in [0.2, 0.25) is 0 Å². The Hall–Kier alpha value is -1.86. The zero-order valence-electron chi connectivity index (χ0n) is 10.5. The van der Waals surface area contributed by atoms with Gasteiger partial charge in [-0.3, -0.25) is 0 Å². The van der Waals surface area contributed by atoms with Crippen LogP contribution < -0.4 is 5.32 Å². The molecule has 0 aliphatic rings. The molecule has 1 heterocycles. The van der Waals surface area contributed by atoms with Gasteiger partial charge in [0, 0.05) is 0 Å². The lowest BCUT2D eigenvalue weighted by Crippen LogP contribution is -2.09. The zero-order chi connectivity index (χ0) is 13.0. The molecule has 92 valence electrons. The zero-order valence-corrected chi connectivity index (χ0v) is 11.3. The van der Waals surface area contributed by atoms with Crippen LogP contribution in [0.2, 0.25) is 0 Å². The summed E-state index contributed by atoms with van der Waals surface area (Å²) in [5.74, 6) is 0. The van der Waals surface area contributed by atoms with Gasteiger partial charge in [0.25, 0.3) is 0 Å². The van der Waals surface area contributed by atoms with Crippen LogP contribution in [-0.4, -0.2) is 4.37 Å². The van der Waals surface area contributed by atoms with Gasteiger partial charge in [-0.25, -0.2) is 0 Å². The van der Waals surface area contributed by atoms with E-state index in [4.69, 9.17) is 5.26 Å². The molecule has 0 fully saturated rings. The summed E-state index contributed by atoms with van der Waals surface area (Å²) < 4.78 is 4.23. The Bertz CT molecular complexity index is 554. The first kappa shape index (κ1) is 12.6. The molecule has 1 aromatic heterocycles. The van der Waals surface area contributed by atoms with Gasteiger partial charge in [-0.15, -0.1) is 0 Å². The highest BCUT2D eigenvalue weighted by Crippen LogP contribution is 2.29. The number of hydrogen-bond acceptors (Lipinski definition) is 4. The molecule has 2 aromatic rings. The van der Waals surface area contributed by atoms with Crippen molar-refractivity contribution in [1.82, 2.24) is 4.37 Å². The molecular formula is C14H15N3S. The van der Waals surface area contributed by atoms with Crippen molar-refractivity contribution in [2.45, 2.75) is 26.3 Å². The maximum Gasteiger partial charge on any atom is 0.128 e. The fourth-order valence-electron chi connectivity index (χ4n) is 1.86. The first-order valence-corrected chi connectivity index (χ1v) is 6.71. The molecule has 0 radical (unpaired) electrons. The maximum atomic E-state index is 9.12. The van der Waals surface area contributed by atoms with Crippen LogP contribution in [0.15, 0.2) is 30.3 Å². The SMILES string of the molecule is CCC(Nc1snc(C)c1C#N)c1ccccc1. The van der Waals surface area contributed by atoms with Crippen LogP contribution >= 0.6 is 11.5 Å². The third-order valence-corrected chi connectivity index (χ3v) is 3.76. The normalized spacial score (nSPS) is 11.8. The molecule has 0 saturated heterocycles. The molecule has 3 nitrogen and oxygen atoms in total. The minimum atomic E-state index is 0.221. The van der Waals surface area contributed by atoms with E-state index in [1.807, 2.05) is 25.1 Å². The fourth-order valence-corrected chi connectivity index (χ4v) is 2.66. The number of anilines is 1. The number of nitrogens with zero attached hydrogens (tertiary/aromatic N) is 2. The summed E-state index contributed by atoms with van der Waals surface area (Å²) in [4.78, 5) is 0. The second kappa shape index (κ2) is 5.65. The number of nitrogens with one attached hydrogen (secondary N) is 1. The van der Waals surface area contributed by atoms with Crippen molar-refractivity contribution in [3.63, 3.8) is 0 Å². The smallest absolute Gasteiger partial charge is 0.128 e. The van der Waals surface area contributed by atoms with Gasteiger partial charge >= 0.3 is 0 Å². The van der Waals surface area contributed by atoms with Gasteiger partial charge < -0.3 is 5.32 Å². The van der Waals surface area contributed by atoms with E-state index in [0.29, 0.717) is 5.56 Å². The Balaban J connectivity index is 2.24. The summed E-state index contributed by atoms with van der Waals surface area (Å²) in [6.45, 7) is 3.99. The molecular weight excluding hydrogens is 242 g/mol. The molecule has 0 bridgehead atoms. The molecule has 4 heteroatoms. The number of aryl methyl sites for hydroxylation is 1. The maximum absolute atomic E-state index is 9.12. The van der Waals surface area contributed by atoms with Crippen LogP contribution in [0.25, 0.3) is 0 Å². The van der Waals surface area contributed by atoms with E-state index in [2.05, 4.69) is 34.8 Å². The summed E-state index contributed by atoms with van der Waals surface area (Å²) in [5, 5.41) is 13.4. The predicted molar refractivity (Wildman–Crippen MR) is 74.7 cm³/mol. The van der Waals surface area contributed by atoms with Crippen molar-refractivity contribution in [3.05, 3.63) is 47.2 Å². The number of nitriles is 1. The van der Waals surface area contributed by atoms with Crippen molar-refractivity contribution in [2.24, 2.45) is 0 Å². The van der Waals surface area contributed by atoms with Crippen molar-refractivity contribution in [1.29, 1.82) is 5.26 Å². The van der Waals surface area contributed by atoms with E-state index in [-0.39, 0.29) is 6.04 Å². The molecule has 0 amide bonds. The highest BCUT2D eigenvalue weighted by molar-refractivity contribution is 7.10. The average Bonchev–Trinajstić information content (AvgIpc) is 2.77. The average molecular weight is 257 g/mol. The number of rotatable bonds is 4. The molecule has 0 spiro atoms. The Kier molecular flexibility index (Phi) is 3.96. The van der Waals surface area contributed by atoms with Gasteiger partial charge in [0.1, 0.15) is 16.6 Å². The second-order valence-corrected chi connectivity index (χ2v) is 4.87. The molecule has 1 atom stereocenters. The van der Waals surface area contributed by atoms with Crippen LogP contribution in [0.5, 0.6) is 0 Å². The molecule has 2 rings (SSSR count). The first-order valence-electron chi connectivity index (χ1n) is 5.94. The Labute approximate surface area is 111 Å². The first-order chi connectivity index (χ1) is 8.76. The number of aromatic nitrogens is 1. The number of benzene rings is 1. The van der Waals surface area contributed by atoms with Gasteiger partial charge in [-0.1, -0.05) is 37.3 Å². The summed E-state index contributed by atoms with van der Waals surface area (Å²) >= 11 is 1.36. The lowest BCUT2D eigenvalue weighted by Gasteiger charge is -2.17. The fraction of sp³-hybridized carbons (Fsp3) is 0.286. The Morgan fingerprint density at radius 2 is 2.11 bits per heavy atom. The van der Waals surface area contributed by atoms with Crippen LogP contribution in [-0.2, 0) is 0 Å². The monoisotopic (exact) mass is 257 g/mol. The minimum Gasteiger partial charge on any atom is -0.368 e. The quantitative estimate of drug-likeness (QED) is 0.904. The number of hydrogen-bond donors (Lipinski definition) is 1. The van der Waals surface area contributed by atoms with Crippen molar-refractivity contribution >= 4 is 16.5 Å². The van der Waals surface area contributed by atoms with E-state index in [1.54, 1.807) is 0 Å². The molecule has 0 saturated carbocycles. The van der Waals surface area contributed by atoms with Crippen LogP contribution in [0, 0.1) is 18.3 Å². The highest BCUT2D eigenvalue weighted by atomic mass is 32.1. The van der Waals surface area contributed by atoms with Gasteiger partial charge in [0.05, 0.1) is 11.7 Å². The lowest BCUT2D eigenvalue weighted by molar-refractivity contribution is 0.751. The molecule has 1 aromatic carbocycles. The second-order valence-electron chi connectivity index (χ2n) is 4.10. The third kappa shape index (κ3) is 2.52.